The number of nitrogens with zero attached hydrogens (tertiary/aromatic N) is 1. The molecule has 1 aliphatic rings. The van der Waals surface area contributed by atoms with Crippen molar-refractivity contribution in [1.29, 1.82) is 0 Å². The molecule has 0 fully saturated rings. The number of likely N-dealkylation sites (N-methyl/N-ethyl adjacent to an activating group) is 1. The molecule has 1 aromatic rings. The van der Waals surface area contributed by atoms with Crippen molar-refractivity contribution in [3.63, 3.8) is 0 Å². The second-order valence-corrected chi connectivity index (χ2v) is 4.82. The highest BCUT2D eigenvalue weighted by molar-refractivity contribution is 8.04. The number of carbonyl (C=O) groups is 2. The second-order valence-electron chi connectivity index (χ2n) is 3.27. The standard InChI is InChI=1S/C11H8ClNO2S/c1-13-10(14)6-9(11(13)15)16-8-4-2-7(12)3-5-8/h2-6H,1H3. The van der Waals surface area contributed by atoms with Crippen LogP contribution in [0.25, 0.3) is 0 Å². The summed E-state index contributed by atoms with van der Waals surface area (Å²) in [6.07, 6.45) is 1.35. The van der Waals surface area contributed by atoms with Crippen molar-refractivity contribution in [2.24, 2.45) is 0 Å². The minimum absolute atomic E-state index is 0.259. The molecule has 0 spiro atoms. The number of hydrogen-bond acceptors (Lipinski definition) is 3. The first kappa shape index (κ1) is 11.2. The Balaban J connectivity index is 2.17. The average molecular weight is 254 g/mol. The second kappa shape index (κ2) is 4.31. The van der Waals surface area contributed by atoms with Gasteiger partial charge < -0.3 is 0 Å². The van der Waals surface area contributed by atoms with Crippen LogP contribution in [0, 0.1) is 0 Å². The fourth-order valence-corrected chi connectivity index (χ4v) is 2.27. The zero-order valence-electron chi connectivity index (χ0n) is 8.44. The molecule has 82 valence electrons. The summed E-state index contributed by atoms with van der Waals surface area (Å²) < 4.78 is 0. The molecule has 2 rings (SSSR count). The maximum Gasteiger partial charge on any atom is 0.267 e. The number of carbonyl (C=O) groups excluding carboxylic acids is 2. The summed E-state index contributed by atoms with van der Waals surface area (Å²) in [7, 11) is 1.47. The van der Waals surface area contributed by atoms with E-state index in [4.69, 9.17) is 11.6 Å². The quantitative estimate of drug-likeness (QED) is 0.759. The molecule has 0 saturated heterocycles. The Bertz CT molecular complexity index is 481. The van der Waals surface area contributed by atoms with Gasteiger partial charge in [-0.3, -0.25) is 14.5 Å². The van der Waals surface area contributed by atoms with E-state index in [0.717, 1.165) is 9.80 Å². The molecule has 3 nitrogen and oxygen atoms in total. The fourth-order valence-electron chi connectivity index (χ4n) is 1.24. The summed E-state index contributed by atoms with van der Waals surface area (Å²) in [4.78, 5) is 25.2. The molecular formula is C11H8ClNO2S. The van der Waals surface area contributed by atoms with E-state index in [9.17, 15) is 9.59 Å². The molecule has 16 heavy (non-hydrogen) atoms. The number of thioether (sulfide) groups is 1. The van der Waals surface area contributed by atoms with Crippen LogP contribution in [-0.4, -0.2) is 23.8 Å². The average Bonchev–Trinajstić information content (AvgIpc) is 2.50. The number of rotatable bonds is 2. The van der Waals surface area contributed by atoms with Crippen LogP contribution < -0.4 is 0 Å². The van der Waals surface area contributed by atoms with Crippen LogP contribution in [0.15, 0.2) is 40.1 Å². The normalized spacial score (nSPS) is 15.6. The van der Waals surface area contributed by atoms with Gasteiger partial charge in [0.15, 0.2) is 0 Å². The van der Waals surface area contributed by atoms with Gasteiger partial charge in [0.2, 0.25) is 0 Å². The van der Waals surface area contributed by atoms with E-state index in [2.05, 4.69) is 0 Å². The van der Waals surface area contributed by atoms with E-state index >= 15 is 0 Å². The molecule has 0 bridgehead atoms. The Morgan fingerprint density at radius 3 is 2.31 bits per heavy atom. The highest BCUT2D eigenvalue weighted by Crippen LogP contribution is 2.31. The lowest BCUT2D eigenvalue weighted by Crippen LogP contribution is -2.25. The number of halogens is 1. The molecule has 0 unspecified atom stereocenters. The highest BCUT2D eigenvalue weighted by atomic mass is 35.5. The van der Waals surface area contributed by atoms with Gasteiger partial charge >= 0.3 is 0 Å². The third-order valence-corrected chi connectivity index (χ3v) is 3.41. The molecule has 0 aromatic heterocycles. The monoisotopic (exact) mass is 253 g/mol. The summed E-state index contributed by atoms with van der Waals surface area (Å²) in [5.74, 6) is -0.536. The predicted molar refractivity (Wildman–Crippen MR) is 63.2 cm³/mol. The van der Waals surface area contributed by atoms with Gasteiger partial charge in [-0.15, -0.1) is 0 Å². The Kier molecular flexibility index (Phi) is 3.03. The molecule has 1 aliphatic heterocycles. The summed E-state index contributed by atoms with van der Waals surface area (Å²) in [5, 5.41) is 0.643. The van der Waals surface area contributed by atoms with Crippen LogP contribution in [-0.2, 0) is 9.59 Å². The smallest absolute Gasteiger partial charge is 0.267 e. The van der Waals surface area contributed by atoms with E-state index in [1.54, 1.807) is 12.1 Å². The number of benzene rings is 1. The minimum Gasteiger partial charge on any atom is -0.278 e. The van der Waals surface area contributed by atoms with Gasteiger partial charge in [0, 0.05) is 23.0 Å². The van der Waals surface area contributed by atoms with Crippen molar-refractivity contribution in [2.75, 3.05) is 7.05 Å². The van der Waals surface area contributed by atoms with Crippen molar-refractivity contribution < 1.29 is 9.59 Å². The first-order chi connectivity index (χ1) is 7.58. The van der Waals surface area contributed by atoms with Crippen molar-refractivity contribution in [3.8, 4) is 0 Å². The third kappa shape index (κ3) is 2.13. The summed E-state index contributed by atoms with van der Waals surface area (Å²) in [6.45, 7) is 0. The van der Waals surface area contributed by atoms with E-state index in [0.29, 0.717) is 9.93 Å². The molecule has 2 amide bonds. The summed E-state index contributed by atoms with van der Waals surface area (Å²) >= 11 is 7.02. The van der Waals surface area contributed by atoms with Gasteiger partial charge in [-0.1, -0.05) is 23.4 Å². The highest BCUT2D eigenvalue weighted by Gasteiger charge is 2.27. The Labute approximate surface area is 102 Å². The first-order valence-corrected chi connectivity index (χ1v) is 5.74. The molecule has 0 atom stereocenters. The predicted octanol–water partition coefficient (Wildman–Crippen LogP) is 2.31. The zero-order chi connectivity index (χ0) is 11.7. The maximum absolute atomic E-state index is 11.6. The lowest BCUT2D eigenvalue weighted by molar-refractivity contribution is -0.135. The lowest BCUT2D eigenvalue weighted by atomic mass is 10.4. The van der Waals surface area contributed by atoms with Crippen molar-refractivity contribution in [3.05, 3.63) is 40.3 Å². The van der Waals surface area contributed by atoms with Crippen LogP contribution in [0.1, 0.15) is 0 Å². The fraction of sp³-hybridized carbons (Fsp3) is 0.0909. The van der Waals surface area contributed by atoms with Crippen LogP contribution in [0.5, 0.6) is 0 Å². The van der Waals surface area contributed by atoms with Gasteiger partial charge in [-0.2, -0.15) is 0 Å². The van der Waals surface area contributed by atoms with Crippen LogP contribution in [0.3, 0.4) is 0 Å². The van der Waals surface area contributed by atoms with Crippen LogP contribution in [0.2, 0.25) is 5.02 Å². The lowest BCUT2D eigenvalue weighted by Gasteiger charge is -2.06. The SMILES string of the molecule is CN1C(=O)C=C(Sc2ccc(Cl)cc2)C1=O. The number of amides is 2. The number of imide groups is 1. The Morgan fingerprint density at radius 1 is 1.19 bits per heavy atom. The van der Waals surface area contributed by atoms with Gasteiger partial charge in [0.25, 0.3) is 11.8 Å². The molecule has 1 aromatic carbocycles. The van der Waals surface area contributed by atoms with Crippen molar-refractivity contribution in [2.45, 2.75) is 4.90 Å². The molecule has 0 radical (unpaired) electrons. The van der Waals surface area contributed by atoms with E-state index < -0.39 is 0 Å². The summed E-state index contributed by atoms with van der Waals surface area (Å²) in [5.41, 5.74) is 0. The third-order valence-electron chi connectivity index (χ3n) is 2.14. The Hall–Kier alpha value is -1.26. The van der Waals surface area contributed by atoms with Crippen molar-refractivity contribution >= 4 is 35.2 Å². The van der Waals surface area contributed by atoms with Gasteiger partial charge in [0.05, 0.1) is 4.91 Å². The molecule has 0 aliphatic carbocycles. The molecule has 5 heteroatoms. The van der Waals surface area contributed by atoms with Crippen LogP contribution >= 0.6 is 23.4 Å². The van der Waals surface area contributed by atoms with E-state index in [1.165, 1.54) is 24.9 Å². The minimum atomic E-state index is -0.276. The molecule has 1 heterocycles. The van der Waals surface area contributed by atoms with Gasteiger partial charge in [-0.25, -0.2) is 0 Å². The first-order valence-electron chi connectivity index (χ1n) is 4.55. The molecule has 0 N–H and O–H groups in total. The molecular weight excluding hydrogens is 246 g/mol. The van der Waals surface area contributed by atoms with E-state index in [-0.39, 0.29) is 11.8 Å². The zero-order valence-corrected chi connectivity index (χ0v) is 10.0. The van der Waals surface area contributed by atoms with Crippen molar-refractivity contribution in [1.82, 2.24) is 4.90 Å². The van der Waals surface area contributed by atoms with Crippen LogP contribution in [0.4, 0.5) is 0 Å². The maximum atomic E-state index is 11.6. The number of hydrogen-bond donors (Lipinski definition) is 0. The van der Waals surface area contributed by atoms with E-state index in [1.807, 2.05) is 12.1 Å². The summed E-state index contributed by atoms with van der Waals surface area (Å²) in [6, 6.07) is 7.11. The molecule has 0 saturated carbocycles. The topological polar surface area (TPSA) is 37.4 Å². The van der Waals surface area contributed by atoms with Gasteiger partial charge in [-0.05, 0) is 24.3 Å². The van der Waals surface area contributed by atoms with Gasteiger partial charge in [0.1, 0.15) is 0 Å². The largest absolute Gasteiger partial charge is 0.278 e. The Morgan fingerprint density at radius 2 is 1.81 bits per heavy atom.